The minimum atomic E-state index is -0.00971. The molecule has 2 fully saturated rings. The number of benzene rings is 1. The van der Waals surface area contributed by atoms with E-state index in [9.17, 15) is 4.79 Å². The molecule has 1 aromatic rings. The van der Waals surface area contributed by atoms with Gasteiger partial charge < -0.3 is 10.1 Å². The first-order valence-electron chi connectivity index (χ1n) is 9.03. The van der Waals surface area contributed by atoms with Gasteiger partial charge in [-0.15, -0.1) is 0 Å². The van der Waals surface area contributed by atoms with Crippen molar-refractivity contribution in [3.05, 3.63) is 41.0 Å². The topological polar surface area (TPSA) is 41.6 Å². The fourth-order valence-electron chi connectivity index (χ4n) is 3.62. The van der Waals surface area contributed by atoms with Gasteiger partial charge in [0.25, 0.3) is 0 Å². The van der Waals surface area contributed by atoms with Gasteiger partial charge in [0.05, 0.1) is 13.2 Å². The second kappa shape index (κ2) is 8.39. The van der Waals surface area contributed by atoms with Crippen LogP contribution < -0.4 is 5.32 Å². The number of nitrogens with one attached hydrogen (secondary N) is 1. The SMILES string of the molecule is Cc1ccc(/C=C/C(=O)NCC2(N3CCOCC3)CCSC2)c(C)c1. The Bertz CT molecular complexity index is 633. The lowest BCUT2D eigenvalue weighted by molar-refractivity contribution is -0.117. The van der Waals surface area contributed by atoms with Crippen molar-refractivity contribution < 1.29 is 9.53 Å². The zero-order chi connectivity index (χ0) is 17.7. The van der Waals surface area contributed by atoms with Crippen LogP contribution in [-0.4, -0.2) is 60.7 Å². The van der Waals surface area contributed by atoms with E-state index in [0.29, 0.717) is 0 Å². The molecule has 0 spiro atoms. The molecule has 0 radical (unpaired) electrons. The van der Waals surface area contributed by atoms with Crippen LogP contribution >= 0.6 is 11.8 Å². The molecule has 1 N–H and O–H groups in total. The molecule has 1 unspecified atom stereocenters. The highest BCUT2D eigenvalue weighted by molar-refractivity contribution is 7.99. The molecule has 1 amide bonds. The molecule has 2 aliphatic rings. The summed E-state index contributed by atoms with van der Waals surface area (Å²) in [5.41, 5.74) is 3.63. The van der Waals surface area contributed by atoms with Gasteiger partial charge in [0, 0.05) is 37.0 Å². The van der Waals surface area contributed by atoms with Gasteiger partial charge in [-0.25, -0.2) is 0 Å². The monoisotopic (exact) mass is 360 g/mol. The summed E-state index contributed by atoms with van der Waals surface area (Å²) < 4.78 is 5.49. The summed E-state index contributed by atoms with van der Waals surface area (Å²) in [4.78, 5) is 14.8. The molecule has 5 heteroatoms. The number of amides is 1. The summed E-state index contributed by atoms with van der Waals surface area (Å²) in [6.45, 7) is 8.41. The van der Waals surface area contributed by atoms with Gasteiger partial charge in [-0.2, -0.15) is 11.8 Å². The molecule has 1 aromatic carbocycles. The molecular weight excluding hydrogens is 332 g/mol. The van der Waals surface area contributed by atoms with Crippen LogP contribution in [-0.2, 0) is 9.53 Å². The van der Waals surface area contributed by atoms with E-state index in [4.69, 9.17) is 4.74 Å². The molecule has 4 nitrogen and oxygen atoms in total. The second-order valence-corrected chi connectivity index (χ2v) is 8.14. The predicted molar refractivity (Wildman–Crippen MR) is 105 cm³/mol. The first kappa shape index (κ1) is 18.5. The van der Waals surface area contributed by atoms with Gasteiger partial charge in [0.1, 0.15) is 0 Å². The summed E-state index contributed by atoms with van der Waals surface area (Å²) in [7, 11) is 0. The van der Waals surface area contributed by atoms with Crippen molar-refractivity contribution in [1.82, 2.24) is 10.2 Å². The maximum absolute atomic E-state index is 12.3. The van der Waals surface area contributed by atoms with Gasteiger partial charge in [-0.05, 0) is 43.2 Å². The van der Waals surface area contributed by atoms with Crippen LogP contribution in [0.2, 0.25) is 0 Å². The summed E-state index contributed by atoms with van der Waals surface area (Å²) in [6, 6.07) is 6.28. The average Bonchev–Trinajstić information content (AvgIpc) is 3.10. The number of aryl methyl sites for hydroxylation is 2. The van der Waals surface area contributed by atoms with Gasteiger partial charge >= 0.3 is 0 Å². The Hall–Kier alpha value is -1.30. The summed E-state index contributed by atoms with van der Waals surface area (Å²) in [5.74, 6) is 2.25. The number of hydrogen-bond donors (Lipinski definition) is 1. The van der Waals surface area contributed by atoms with Crippen molar-refractivity contribution in [2.24, 2.45) is 0 Å². The minimum absolute atomic E-state index is 0.00971. The zero-order valence-electron chi connectivity index (χ0n) is 15.2. The smallest absolute Gasteiger partial charge is 0.244 e. The summed E-state index contributed by atoms with van der Waals surface area (Å²) in [6.07, 6.45) is 4.71. The molecule has 2 heterocycles. The van der Waals surface area contributed by atoms with Crippen molar-refractivity contribution in [3.8, 4) is 0 Å². The van der Waals surface area contributed by atoms with Crippen LogP contribution in [0, 0.1) is 13.8 Å². The van der Waals surface area contributed by atoms with Crippen molar-refractivity contribution in [3.63, 3.8) is 0 Å². The Morgan fingerprint density at radius 3 is 2.84 bits per heavy atom. The molecule has 2 aliphatic heterocycles. The van der Waals surface area contributed by atoms with Crippen LogP contribution in [0.15, 0.2) is 24.3 Å². The minimum Gasteiger partial charge on any atom is -0.379 e. The van der Waals surface area contributed by atoms with Crippen LogP contribution in [0.5, 0.6) is 0 Å². The van der Waals surface area contributed by atoms with Gasteiger partial charge in [0.2, 0.25) is 5.91 Å². The van der Waals surface area contributed by atoms with Crippen LogP contribution in [0.4, 0.5) is 0 Å². The fourth-order valence-corrected chi connectivity index (χ4v) is 5.10. The Kier molecular flexibility index (Phi) is 6.20. The van der Waals surface area contributed by atoms with E-state index in [0.717, 1.165) is 50.6 Å². The second-order valence-electron chi connectivity index (χ2n) is 7.04. The molecule has 0 aliphatic carbocycles. The van der Waals surface area contributed by atoms with Gasteiger partial charge in [-0.3, -0.25) is 9.69 Å². The number of rotatable bonds is 5. The Balaban J connectivity index is 1.59. The largest absolute Gasteiger partial charge is 0.379 e. The molecule has 25 heavy (non-hydrogen) atoms. The molecule has 3 rings (SSSR count). The lowest BCUT2D eigenvalue weighted by Crippen LogP contribution is -2.59. The van der Waals surface area contributed by atoms with Crippen molar-refractivity contribution in [1.29, 1.82) is 0 Å². The zero-order valence-corrected chi connectivity index (χ0v) is 16.0. The van der Waals surface area contributed by atoms with E-state index >= 15 is 0 Å². The molecule has 1 atom stereocenters. The van der Waals surface area contributed by atoms with Crippen LogP contribution in [0.3, 0.4) is 0 Å². The number of nitrogens with zero attached hydrogens (tertiary/aromatic N) is 1. The van der Waals surface area contributed by atoms with Crippen molar-refractivity contribution in [2.75, 3.05) is 44.4 Å². The van der Waals surface area contributed by atoms with E-state index in [1.54, 1.807) is 6.08 Å². The van der Waals surface area contributed by atoms with E-state index in [2.05, 4.69) is 42.3 Å². The maximum Gasteiger partial charge on any atom is 0.244 e. The van der Waals surface area contributed by atoms with E-state index in [1.807, 2.05) is 17.8 Å². The predicted octanol–water partition coefficient (Wildman–Crippen LogP) is 2.64. The molecule has 0 bridgehead atoms. The van der Waals surface area contributed by atoms with Gasteiger partial charge in [-0.1, -0.05) is 23.8 Å². The Labute approximate surface area is 155 Å². The molecule has 0 aromatic heterocycles. The fraction of sp³-hybridized carbons (Fsp3) is 0.550. The Morgan fingerprint density at radius 2 is 2.16 bits per heavy atom. The molecule has 0 saturated carbocycles. The van der Waals surface area contributed by atoms with Crippen molar-refractivity contribution in [2.45, 2.75) is 25.8 Å². The number of morpholine rings is 1. The van der Waals surface area contributed by atoms with Crippen LogP contribution in [0.25, 0.3) is 6.08 Å². The molecular formula is C20H28N2O2S. The number of thioether (sulfide) groups is 1. The van der Waals surface area contributed by atoms with Gasteiger partial charge in [0.15, 0.2) is 0 Å². The first-order chi connectivity index (χ1) is 12.1. The summed E-state index contributed by atoms with van der Waals surface area (Å²) >= 11 is 1.99. The average molecular weight is 361 g/mol. The Morgan fingerprint density at radius 1 is 1.36 bits per heavy atom. The number of ether oxygens (including phenoxy) is 1. The first-order valence-corrected chi connectivity index (χ1v) is 10.2. The third-order valence-corrected chi connectivity index (χ3v) is 6.43. The lowest BCUT2D eigenvalue weighted by Gasteiger charge is -2.42. The highest BCUT2D eigenvalue weighted by Gasteiger charge is 2.40. The van der Waals surface area contributed by atoms with E-state index in [-0.39, 0.29) is 11.4 Å². The van der Waals surface area contributed by atoms with Crippen LogP contribution in [0.1, 0.15) is 23.1 Å². The number of carbonyl (C=O) groups is 1. The number of hydrogen-bond acceptors (Lipinski definition) is 4. The van der Waals surface area contributed by atoms with E-state index in [1.165, 1.54) is 16.9 Å². The summed E-state index contributed by atoms with van der Waals surface area (Å²) in [5, 5.41) is 3.14. The molecule has 136 valence electrons. The highest BCUT2D eigenvalue weighted by atomic mass is 32.2. The third-order valence-electron chi connectivity index (χ3n) is 5.20. The van der Waals surface area contributed by atoms with E-state index < -0.39 is 0 Å². The normalized spacial score (nSPS) is 24.7. The third kappa shape index (κ3) is 4.66. The quantitative estimate of drug-likeness (QED) is 0.820. The highest BCUT2D eigenvalue weighted by Crippen LogP contribution is 2.33. The maximum atomic E-state index is 12.3. The lowest BCUT2D eigenvalue weighted by atomic mass is 9.95. The molecule has 2 saturated heterocycles. The standard InChI is InChI=1S/C20H28N2O2S/c1-16-3-4-18(17(2)13-16)5-6-19(23)21-14-20(7-12-25-15-20)22-8-10-24-11-9-22/h3-6,13H,7-12,14-15H2,1-2H3,(H,21,23)/b6-5+. The number of carbonyl (C=O) groups excluding carboxylic acids is 1. The van der Waals surface area contributed by atoms with Crippen molar-refractivity contribution >= 4 is 23.7 Å².